The second-order valence-corrected chi connectivity index (χ2v) is 4.92. The van der Waals surface area contributed by atoms with Crippen molar-refractivity contribution in [3.05, 3.63) is 22.6 Å². The van der Waals surface area contributed by atoms with E-state index < -0.39 is 0 Å². The van der Waals surface area contributed by atoms with Crippen molar-refractivity contribution in [3.63, 3.8) is 0 Å². The van der Waals surface area contributed by atoms with Crippen LogP contribution < -0.4 is 15.2 Å². The zero-order valence-corrected chi connectivity index (χ0v) is 10.2. The van der Waals surface area contributed by atoms with Crippen molar-refractivity contribution in [2.75, 3.05) is 13.6 Å². The molecule has 5 nitrogen and oxygen atoms in total. The minimum Gasteiger partial charge on any atom is -0.470 e. The van der Waals surface area contributed by atoms with Crippen LogP contribution in [0.4, 0.5) is 5.69 Å². The summed E-state index contributed by atoms with van der Waals surface area (Å²) in [6, 6.07) is 4.11. The molecule has 5 heteroatoms. The van der Waals surface area contributed by atoms with Gasteiger partial charge in [0.25, 0.3) is 0 Å². The molecule has 0 N–H and O–H groups in total. The molecule has 92 valence electrons. The van der Waals surface area contributed by atoms with E-state index in [1.54, 1.807) is 5.01 Å². The molecular weight excluding hydrogens is 228 g/mol. The first-order valence-corrected chi connectivity index (χ1v) is 6.24. The van der Waals surface area contributed by atoms with Gasteiger partial charge in [0.1, 0.15) is 5.75 Å². The summed E-state index contributed by atoms with van der Waals surface area (Å²) in [7, 11) is 1.87. The van der Waals surface area contributed by atoms with Crippen molar-refractivity contribution < 1.29 is 4.74 Å². The van der Waals surface area contributed by atoms with E-state index in [0.29, 0.717) is 0 Å². The van der Waals surface area contributed by atoms with E-state index in [4.69, 9.17) is 4.74 Å². The smallest absolute Gasteiger partial charge is 0.172 e. The Balaban J connectivity index is 1.90. The first kappa shape index (κ1) is 9.94. The fourth-order valence-electron chi connectivity index (χ4n) is 2.70. The van der Waals surface area contributed by atoms with Crippen molar-refractivity contribution in [2.45, 2.75) is 19.1 Å². The van der Waals surface area contributed by atoms with Gasteiger partial charge in [-0.3, -0.25) is 5.01 Å². The van der Waals surface area contributed by atoms with Crippen molar-refractivity contribution in [2.24, 2.45) is 10.3 Å². The summed E-state index contributed by atoms with van der Waals surface area (Å²) in [6.07, 6.45) is 6.68. The van der Waals surface area contributed by atoms with Gasteiger partial charge in [-0.25, -0.2) is 0 Å². The summed E-state index contributed by atoms with van der Waals surface area (Å²) < 4.78 is 6.04. The zero-order valence-electron chi connectivity index (χ0n) is 10.2. The molecule has 1 saturated heterocycles. The van der Waals surface area contributed by atoms with Gasteiger partial charge in [0, 0.05) is 42.9 Å². The molecule has 0 saturated carbocycles. The molecule has 1 fully saturated rings. The molecule has 3 aliphatic heterocycles. The number of nitrogens with zero attached hydrogens (tertiary/aromatic N) is 4. The van der Waals surface area contributed by atoms with Crippen LogP contribution in [0.1, 0.15) is 12.8 Å². The topological polar surface area (TPSA) is 40.4 Å². The molecule has 0 bridgehead atoms. The van der Waals surface area contributed by atoms with Crippen LogP contribution in [0, 0.1) is 0 Å². The number of fused-ring (bicyclic) bond motifs is 3. The molecule has 0 aliphatic carbocycles. The average Bonchev–Trinajstić information content (AvgIpc) is 2.80. The van der Waals surface area contributed by atoms with Gasteiger partial charge in [-0.15, -0.1) is 5.11 Å². The number of ether oxygens (including phenoxy) is 1. The van der Waals surface area contributed by atoms with Gasteiger partial charge >= 0.3 is 0 Å². The minimum atomic E-state index is 0.221. The lowest BCUT2D eigenvalue weighted by Gasteiger charge is -2.28. The highest BCUT2D eigenvalue weighted by Gasteiger charge is 2.27. The number of rotatable bonds is 0. The maximum absolute atomic E-state index is 6.04. The van der Waals surface area contributed by atoms with E-state index in [1.165, 1.54) is 6.42 Å². The summed E-state index contributed by atoms with van der Waals surface area (Å²) in [6.45, 7) is 1.08. The Kier molecular flexibility index (Phi) is 1.92. The third-order valence-electron chi connectivity index (χ3n) is 3.58. The quantitative estimate of drug-likeness (QED) is 0.679. The Morgan fingerprint density at radius 1 is 1.28 bits per heavy atom. The summed E-state index contributed by atoms with van der Waals surface area (Å²) >= 11 is 0. The molecule has 4 rings (SSSR count). The van der Waals surface area contributed by atoms with Crippen LogP contribution in [0.3, 0.4) is 0 Å². The van der Waals surface area contributed by atoms with Crippen LogP contribution in [-0.2, 0) is 0 Å². The lowest BCUT2D eigenvalue weighted by Crippen LogP contribution is -2.37. The molecular formula is C13H14N4O. The Labute approximate surface area is 105 Å². The highest BCUT2D eigenvalue weighted by atomic mass is 16.5. The molecule has 0 spiro atoms. The SMILES string of the molecule is CN1C=c2cc3c(cc2N=N1)=CN1CCCC1O3. The van der Waals surface area contributed by atoms with E-state index in [9.17, 15) is 0 Å². The maximum Gasteiger partial charge on any atom is 0.172 e. The van der Waals surface area contributed by atoms with Crippen LogP contribution in [0.15, 0.2) is 22.5 Å². The fraction of sp³-hybridized carbons (Fsp3) is 0.385. The average molecular weight is 242 g/mol. The molecule has 1 aromatic rings. The zero-order chi connectivity index (χ0) is 12.1. The van der Waals surface area contributed by atoms with E-state index >= 15 is 0 Å². The van der Waals surface area contributed by atoms with E-state index in [2.05, 4.69) is 27.5 Å². The number of benzene rings is 1. The highest BCUT2D eigenvalue weighted by molar-refractivity contribution is 5.51. The van der Waals surface area contributed by atoms with E-state index in [0.717, 1.165) is 34.8 Å². The molecule has 1 aromatic carbocycles. The summed E-state index contributed by atoms with van der Waals surface area (Å²) in [5.74, 6) is 0.957. The predicted molar refractivity (Wildman–Crippen MR) is 67.3 cm³/mol. The van der Waals surface area contributed by atoms with Crippen molar-refractivity contribution in [1.82, 2.24) is 9.91 Å². The second kappa shape index (κ2) is 3.48. The van der Waals surface area contributed by atoms with Crippen LogP contribution in [0.5, 0.6) is 5.75 Å². The number of hydrogen-bond donors (Lipinski definition) is 0. The lowest BCUT2D eigenvalue weighted by atomic mass is 10.2. The van der Waals surface area contributed by atoms with Crippen molar-refractivity contribution >= 4 is 18.1 Å². The Bertz CT molecular complexity index is 652. The lowest BCUT2D eigenvalue weighted by molar-refractivity contribution is 0.0985. The summed E-state index contributed by atoms with van der Waals surface area (Å²) in [5, 5.41) is 12.1. The van der Waals surface area contributed by atoms with Gasteiger partial charge in [-0.05, 0) is 18.6 Å². The minimum absolute atomic E-state index is 0.221. The van der Waals surface area contributed by atoms with Gasteiger partial charge in [-0.2, -0.15) is 0 Å². The van der Waals surface area contributed by atoms with Gasteiger partial charge < -0.3 is 9.64 Å². The van der Waals surface area contributed by atoms with Crippen LogP contribution in [0.25, 0.3) is 12.4 Å². The van der Waals surface area contributed by atoms with Gasteiger partial charge in [0.15, 0.2) is 6.23 Å². The van der Waals surface area contributed by atoms with E-state index in [-0.39, 0.29) is 6.23 Å². The Morgan fingerprint density at radius 3 is 3.17 bits per heavy atom. The Morgan fingerprint density at radius 2 is 2.22 bits per heavy atom. The third kappa shape index (κ3) is 1.40. The summed E-state index contributed by atoms with van der Waals surface area (Å²) in [4.78, 5) is 2.27. The third-order valence-corrected chi connectivity index (χ3v) is 3.58. The second-order valence-electron chi connectivity index (χ2n) is 4.92. The standard InChI is InChI=1S/C13H14N4O/c1-16-7-9-6-12-10(5-11(9)14-15-16)8-17-4-2-3-13(17)18-12/h5-8,13H,2-4H2,1H3. The fourth-order valence-corrected chi connectivity index (χ4v) is 2.70. The largest absolute Gasteiger partial charge is 0.470 e. The van der Waals surface area contributed by atoms with Crippen molar-refractivity contribution in [3.8, 4) is 5.75 Å². The molecule has 3 heterocycles. The summed E-state index contributed by atoms with van der Waals surface area (Å²) in [5.41, 5.74) is 0.907. The molecule has 1 unspecified atom stereocenters. The normalized spacial score (nSPS) is 23.5. The van der Waals surface area contributed by atoms with Gasteiger partial charge in [0.2, 0.25) is 0 Å². The molecule has 0 aromatic heterocycles. The molecule has 0 radical (unpaired) electrons. The van der Waals surface area contributed by atoms with Gasteiger partial charge in [0.05, 0.1) is 5.69 Å². The van der Waals surface area contributed by atoms with Gasteiger partial charge in [-0.1, -0.05) is 5.22 Å². The van der Waals surface area contributed by atoms with Crippen LogP contribution in [0.2, 0.25) is 0 Å². The monoisotopic (exact) mass is 242 g/mol. The van der Waals surface area contributed by atoms with E-state index in [1.807, 2.05) is 19.3 Å². The maximum atomic E-state index is 6.04. The molecule has 3 aliphatic rings. The highest BCUT2D eigenvalue weighted by Crippen LogP contribution is 2.24. The molecule has 1 atom stereocenters. The molecule has 18 heavy (non-hydrogen) atoms. The Hall–Kier alpha value is -2.04. The molecule has 0 amide bonds. The van der Waals surface area contributed by atoms with Crippen molar-refractivity contribution in [1.29, 1.82) is 0 Å². The first-order chi connectivity index (χ1) is 8.79. The number of hydrogen-bond acceptors (Lipinski definition) is 5. The van der Waals surface area contributed by atoms with Crippen LogP contribution in [-0.4, -0.2) is 29.7 Å². The van der Waals surface area contributed by atoms with Crippen LogP contribution >= 0.6 is 0 Å². The predicted octanol–water partition coefficient (Wildman–Crippen LogP) is 0.921. The first-order valence-electron chi connectivity index (χ1n) is 6.24.